The lowest BCUT2D eigenvalue weighted by molar-refractivity contribution is -0.152. The van der Waals surface area contributed by atoms with E-state index >= 15 is 0 Å². The summed E-state index contributed by atoms with van der Waals surface area (Å²) in [5, 5.41) is 0.834. The van der Waals surface area contributed by atoms with Crippen molar-refractivity contribution in [2.75, 3.05) is 46.4 Å². The Hall–Kier alpha value is -3.81. The topological polar surface area (TPSA) is 83.3 Å². The lowest BCUT2D eigenvalue weighted by atomic mass is 10.0. The summed E-state index contributed by atoms with van der Waals surface area (Å²) >= 11 is 0. The molecule has 0 saturated carbocycles. The van der Waals surface area contributed by atoms with Gasteiger partial charge >= 0.3 is 11.8 Å². The van der Waals surface area contributed by atoms with E-state index in [-0.39, 0.29) is 11.7 Å². The number of amides is 3. The van der Waals surface area contributed by atoms with Gasteiger partial charge in [0.2, 0.25) is 5.76 Å². The fourth-order valence-electron chi connectivity index (χ4n) is 4.69. The average molecular weight is 462 g/mol. The Morgan fingerprint density at radius 3 is 2.06 bits per heavy atom. The number of nitrogens with zero attached hydrogens (tertiary/aromatic N) is 3. The number of furan rings is 1. The van der Waals surface area contributed by atoms with Crippen LogP contribution in [0, 0.1) is 0 Å². The minimum absolute atomic E-state index is 0.230. The van der Waals surface area contributed by atoms with Gasteiger partial charge in [0.25, 0.3) is 5.91 Å². The van der Waals surface area contributed by atoms with Gasteiger partial charge in [-0.2, -0.15) is 0 Å². The standard InChI is InChI=1S/C26H27N3O5/c1-33-19-9-10-20-21(17-19)34-23(22(20)18-7-3-2-4-8-18)24(30)28-13-15-29(16-14-28)26(32)25(31)27-11-5-6-12-27/h2-4,7-10,17H,5-6,11-16H2,1H3. The fourth-order valence-corrected chi connectivity index (χ4v) is 4.69. The van der Waals surface area contributed by atoms with Crippen molar-refractivity contribution in [1.82, 2.24) is 14.7 Å². The van der Waals surface area contributed by atoms with Crippen LogP contribution < -0.4 is 4.74 Å². The van der Waals surface area contributed by atoms with Gasteiger partial charge in [-0.1, -0.05) is 30.3 Å². The van der Waals surface area contributed by atoms with Gasteiger partial charge in [0.05, 0.1) is 7.11 Å². The van der Waals surface area contributed by atoms with Crippen LogP contribution in [0.15, 0.2) is 52.9 Å². The summed E-state index contributed by atoms with van der Waals surface area (Å²) in [6, 6.07) is 15.2. The van der Waals surface area contributed by atoms with Crippen molar-refractivity contribution in [2.45, 2.75) is 12.8 Å². The Labute approximate surface area is 197 Å². The van der Waals surface area contributed by atoms with Crippen molar-refractivity contribution in [1.29, 1.82) is 0 Å². The molecule has 2 saturated heterocycles. The van der Waals surface area contributed by atoms with Crippen LogP contribution >= 0.6 is 0 Å². The van der Waals surface area contributed by atoms with Gasteiger partial charge in [0.15, 0.2) is 0 Å². The maximum absolute atomic E-state index is 13.6. The molecule has 3 amide bonds. The third kappa shape index (κ3) is 4.00. The predicted octanol–water partition coefficient (Wildman–Crippen LogP) is 3.02. The zero-order valence-corrected chi connectivity index (χ0v) is 19.2. The molecule has 176 valence electrons. The number of fused-ring (bicyclic) bond motifs is 1. The van der Waals surface area contributed by atoms with Crippen LogP contribution in [-0.2, 0) is 9.59 Å². The van der Waals surface area contributed by atoms with Crippen molar-refractivity contribution >= 4 is 28.7 Å². The molecule has 34 heavy (non-hydrogen) atoms. The molecule has 8 nitrogen and oxygen atoms in total. The van der Waals surface area contributed by atoms with Crippen molar-refractivity contribution < 1.29 is 23.5 Å². The SMILES string of the molecule is COc1ccc2c(-c3ccccc3)c(C(=O)N3CCN(C(=O)C(=O)N4CCCC4)CC3)oc2c1. The van der Waals surface area contributed by atoms with Crippen LogP contribution in [0.3, 0.4) is 0 Å². The first-order chi connectivity index (χ1) is 16.6. The molecule has 0 atom stereocenters. The average Bonchev–Trinajstić information content (AvgIpc) is 3.56. The molecule has 8 heteroatoms. The molecular formula is C26H27N3O5. The zero-order valence-electron chi connectivity index (χ0n) is 19.2. The summed E-state index contributed by atoms with van der Waals surface area (Å²) in [4.78, 5) is 43.5. The highest BCUT2D eigenvalue weighted by Crippen LogP contribution is 2.37. The van der Waals surface area contributed by atoms with Crippen LogP contribution in [0.2, 0.25) is 0 Å². The van der Waals surface area contributed by atoms with Crippen molar-refractivity contribution in [3.05, 3.63) is 54.3 Å². The van der Waals surface area contributed by atoms with Crippen LogP contribution in [0.25, 0.3) is 22.1 Å². The normalized spacial score (nSPS) is 16.2. The maximum Gasteiger partial charge on any atom is 0.312 e. The highest BCUT2D eigenvalue weighted by Gasteiger charge is 2.33. The van der Waals surface area contributed by atoms with Crippen LogP contribution in [0.1, 0.15) is 23.4 Å². The van der Waals surface area contributed by atoms with E-state index in [4.69, 9.17) is 9.15 Å². The summed E-state index contributed by atoms with van der Waals surface area (Å²) in [7, 11) is 1.59. The molecule has 1 aromatic heterocycles. The number of carbonyl (C=O) groups excluding carboxylic acids is 3. The number of hydrogen-bond donors (Lipinski definition) is 0. The van der Waals surface area contributed by atoms with Crippen molar-refractivity contribution in [3.63, 3.8) is 0 Å². The smallest absolute Gasteiger partial charge is 0.312 e. The Morgan fingerprint density at radius 1 is 0.794 bits per heavy atom. The van der Waals surface area contributed by atoms with Crippen molar-refractivity contribution in [3.8, 4) is 16.9 Å². The van der Waals surface area contributed by atoms with Crippen LogP contribution in [0.4, 0.5) is 0 Å². The van der Waals surface area contributed by atoms with Gasteiger partial charge in [0.1, 0.15) is 11.3 Å². The number of benzene rings is 2. The number of rotatable bonds is 3. The molecule has 3 heterocycles. The van der Waals surface area contributed by atoms with Crippen LogP contribution in [0.5, 0.6) is 5.75 Å². The first-order valence-corrected chi connectivity index (χ1v) is 11.6. The van der Waals surface area contributed by atoms with E-state index in [0.29, 0.717) is 50.6 Å². The second-order valence-corrected chi connectivity index (χ2v) is 8.62. The summed E-state index contributed by atoms with van der Waals surface area (Å²) in [5.41, 5.74) is 2.21. The molecule has 5 rings (SSSR count). The van der Waals surface area contributed by atoms with E-state index in [1.807, 2.05) is 42.5 Å². The second-order valence-electron chi connectivity index (χ2n) is 8.62. The molecule has 2 aromatic carbocycles. The van der Waals surface area contributed by atoms with Gasteiger partial charge in [-0.3, -0.25) is 14.4 Å². The highest BCUT2D eigenvalue weighted by atomic mass is 16.5. The molecule has 2 aliphatic rings. The number of hydrogen-bond acceptors (Lipinski definition) is 5. The summed E-state index contributed by atoms with van der Waals surface area (Å²) < 4.78 is 11.4. The largest absolute Gasteiger partial charge is 0.497 e. The summed E-state index contributed by atoms with van der Waals surface area (Å²) in [6.07, 6.45) is 1.88. The predicted molar refractivity (Wildman–Crippen MR) is 126 cm³/mol. The molecular weight excluding hydrogens is 434 g/mol. The Kier molecular flexibility index (Phi) is 5.96. The number of methoxy groups -OCH3 is 1. The molecule has 0 radical (unpaired) electrons. The van der Waals surface area contributed by atoms with Crippen molar-refractivity contribution in [2.24, 2.45) is 0 Å². The molecule has 0 aliphatic carbocycles. The molecule has 0 bridgehead atoms. The molecule has 0 N–H and O–H groups in total. The Morgan fingerprint density at radius 2 is 1.41 bits per heavy atom. The third-order valence-corrected chi connectivity index (χ3v) is 6.58. The van der Waals surface area contributed by atoms with Gasteiger partial charge in [0, 0.05) is 56.3 Å². The number of carbonyl (C=O) groups is 3. The maximum atomic E-state index is 13.6. The lowest BCUT2D eigenvalue weighted by Gasteiger charge is -2.34. The molecule has 0 spiro atoms. The van der Waals surface area contributed by atoms with E-state index in [1.54, 1.807) is 27.9 Å². The highest BCUT2D eigenvalue weighted by molar-refractivity contribution is 6.35. The summed E-state index contributed by atoms with van der Waals surface area (Å²) in [6.45, 7) is 2.60. The first-order valence-electron chi connectivity index (χ1n) is 11.6. The monoisotopic (exact) mass is 461 g/mol. The molecule has 3 aromatic rings. The quantitative estimate of drug-likeness (QED) is 0.560. The van der Waals surface area contributed by atoms with Gasteiger partial charge in [-0.05, 0) is 30.5 Å². The zero-order chi connectivity index (χ0) is 23.7. The summed E-state index contributed by atoms with van der Waals surface area (Å²) in [5.74, 6) is -0.228. The number of likely N-dealkylation sites (tertiary alicyclic amines) is 1. The minimum Gasteiger partial charge on any atom is -0.497 e. The molecule has 2 aliphatic heterocycles. The van der Waals surface area contributed by atoms with Crippen LogP contribution in [-0.4, -0.2) is 78.8 Å². The first kappa shape index (κ1) is 22.0. The van der Waals surface area contributed by atoms with E-state index in [1.165, 1.54) is 0 Å². The van der Waals surface area contributed by atoms with E-state index in [0.717, 1.165) is 29.4 Å². The Bertz CT molecular complexity index is 1220. The molecule has 0 unspecified atom stereocenters. The minimum atomic E-state index is -0.477. The third-order valence-electron chi connectivity index (χ3n) is 6.58. The number of ether oxygens (including phenoxy) is 1. The lowest BCUT2D eigenvalue weighted by Crippen LogP contribution is -2.54. The van der Waals surface area contributed by atoms with Gasteiger partial charge < -0.3 is 23.9 Å². The van der Waals surface area contributed by atoms with E-state index in [9.17, 15) is 14.4 Å². The second kappa shape index (κ2) is 9.21. The fraction of sp³-hybridized carbons (Fsp3) is 0.346. The van der Waals surface area contributed by atoms with Gasteiger partial charge in [-0.15, -0.1) is 0 Å². The number of piperazine rings is 1. The van der Waals surface area contributed by atoms with E-state index in [2.05, 4.69) is 0 Å². The van der Waals surface area contributed by atoms with E-state index < -0.39 is 11.8 Å². The molecule has 2 fully saturated rings. The van der Waals surface area contributed by atoms with Gasteiger partial charge in [-0.25, -0.2) is 0 Å². The Balaban J connectivity index is 1.37.